The third-order valence-electron chi connectivity index (χ3n) is 5.77. The Morgan fingerprint density at radius 1 is 1.36 bits per heavy atom. The number of carboxylic acids is 1. The number of fused-ring (bicyclic) bond motifs is 2. The van der Waals surface area contributed by atoms with Gasteiger partial charge in [0.2, 0.25) is 0 Å². The minimum atomic E-state index is -1.43. The molecule has 3 aromatic rings. The fourth-order valence-electron chi connectivity index (χ4n) is 4.14. The molecule has 1 saturated heterocycles. The molecule has 2 amide bonds. The number of anilines is 1. The highest BCUT2D eigenvalue weighted by atomic mass is 32.2. The quantitative estimate of drug-likeness (QED) is 0.184. The van der Waals surface area contributed by atoms with Crippen molar-refractivity contribution < 1.29 is 28.9 Å². The Morgan fingerprint density at radius 2 is 2.19 bits per heavy atom. The molecule has 0 aliphatic carbocycles. The highest BCUT2D eigenvalue weighted by molar-refractivity contribution is 8.00. The number of carbonyl (C=O) groups excluding carboxylic acids is 3. The van der Waals surface area contributed by atoms with E-state index >= 15 is 0 Å². The number of thioether (sulfide) groups is 1. The molecule has 0 bridgehead atoms. The van der Waals surface area contributed by atoms with E-state index in [4.69, 9.17) is 10.6 Å². The molecular formula is C23H20N6O5S2. The summed E-state index contributed by atoms with van der Waals surface area (Å²) in [5.41, 5.74) is 6.12. The number of pyridine rings is 2. The van der Waals surface area contributed by atoms with Gasteiger partial charge in [0, 0.05) is 22.8 Å². The number of amides is 2. The highest BCUT2D eigenvalue weighted by Gasteiger charge is 2.53. The maximum atomic E-state index is 13.0. The fraction of sp³-hybridized carbons (Fsp3) is 0.217. The molecule has 11 nitrogen and oxygen atoms in total. The van der Waals surface area contributed by atoms with Gasteiger partial charge in [-0.15, -0.1) is 23.1 Å². The van der Waals surface area contributed by atoms with Crippen molar-refractivity contribution in [1.82, 2.24) is 15.2 Å². The Labute approximate surface area is 213 Å². The van der Waals surface area contributed by atoms with E-state index in [-0.39, 0.29) is 22.9 Å². The van der Waals surface area contributed by atoms with Crippen LogP contribution in [0.2, 0.25) is 0 Å². The van der Waals surface area contributed by atoms with Crippen molar-refractivity contribution in [2.75, 3.05) is 18.6 Å². The van der Waals surface area contributed by atoms with Crippen LogP contribution in [0.4, 0.5) is 5.82 Å². The van der Waals surface area contributed by atoms with Crippen LogP contribution in [0.5, 0.6) is 0 Å². The van der Waals surface area contributed by atoms with Gasteiger partial charge in [0.25, 0.3) is 11.8 Å². The summed E-state index contributed by atoms with van der Waals surface area (Å²) < 4.78 is 2.95. The normalized spacial score (nSPS) is 19.6. The Bertz CT molecular complexity index is 1450. The number of aliphatic carboxylic acids is 1. The van der Waals surface area contributed by atoms with Crippen LogP contribution in [0.15, 0.2) is 64.5 Å². The zero-order chi connectivity index (χ0) is 25.4. The zero-order valence-corrected chi connectivity index (χ0v) is 20.5. The molecule has 0 aromatic carbocycles. The third kappa shape index (κ3) is 4.27. The molecule has 2 aliphatic heterocycles. The lowest BCUT2D eigenvalue weighted by Gasteiger charge is -2.50. The maximum absolute atomic E-state index is 13.0. The molecular weight excluding hydrogens is 504 g/mol. The van der Waals surface area contributed by atoms with E-state index < -0.39 is 29.2 Å². The van der Waals surface area contributed by atoms with E-state index in [1.54, 1.807) is 23.5 Å². The predicted molar refractivity (Wildman–Crippen MR) is 131 cm³/mol. The van der Waals surface area contributed by atoms with Gasteiger partial charge in [0.05, 0.1) is 16.4 Å². The third-order valence-corrected chi connectivity index (χ3v) is 7.97. The van der Waals surface area contributed by atoms with Crippen LogP contribution in [0.1, 0.15) is 5.69 Å². The number of rotatable bonds is 7. The summed E-state index contributed by atoms with van der Waals surface area (Å²) >= 11 is 2.96. The van der Waals surface area contributed by atoms with Gasteiger partial charge in [-0.1, -0.05) is 11.2 Å². The average molecular weight is 525 g/mol. The molecule has 184 valence electrons. The predicted octanol–water partition coefficient (Wildman–Crippen LogP) is -0.379. The number of oxime groups is 1. The number of thiophene rings is 1. The van der Waals surface area contributed by atoms with Gasteiger partial charge in [-0.25, -0.2) is 4.98 Å². The van der Waals surface area contributed by atoms with Gasteiger partial charge >= 0.3 is 0 Å². The van der Waals surface area contributed by atoms with Crippen molar-refractivity contribution in [2.45, 2.75) is 18.0 Å². The fourth-order valence-corrected chi connectivity index (χ4v) is 6.31. The van der Waals surface area contributed by atoms with Gasteiger partial charge in [-0.05, 0) is 23.6 Å². The van der Waals surface area contributed by atoms with Crippen LogP contribution in [0, 0.1) is 0 Å². The van der Waals surface area contributed by atoms with Crippen LogP contribution in [-0.4, -0.2) is 57.7 Å². The van der Waals surface area contributed by atoms with Crippen molar-refractivity contribution in [3.8, 4) is 0 Å². The molecule has 2 atom stereocenters. The number of carboxylic acid groups (broad SMARTS) is 1. The summed E-state index contributed by atoms with van der Waals surface area (Å²) in [4.78, 5) is 48.1. The van der Waals surface area contributed by atoms with E-state index in [0.29, 0.717) is 17.9 Å². The van der Waals surface area contributed by atoms with Crippen molar-refractivity contribution in [1.29, 1.82) is 0 Å². The number of hydrogen-bond donors (Lipinski definition) is 2. The molecule has 3 aromatic heterocycles. The number of nitrogens with one attached hydrogen (secondary N) is 1. The SMILES string of the molecule is CON=C(C(=O)NC1C(=O)N2C(C(=O)[O-])=C(C[n+]3ccc4ccsc4c3)CS[C@H]12)c1cccc(N)n1. The molecule has 5 rings (SSSR count). The molecule has 5 heterocycles. The van der Waals surface area contributed by atoms with E-state index in [1.165, 1.54) is 29.8 Å². The minimum absolute atomic E-state index is 0.156. The molecule has 3 N–H and O–H groups in total. The summed E-state index contributed by atoms with van der Waals surface area (Å²) in [6, 6.07) is 7.72. The number of carbonyl (C=O) groups is 3. The van der Waals surface area contributed by atoms with E-state index in [2.05, 4.69) is 15.5 Å². The zero-order valence-electron chi connectivity index (χ0n) is 18.9. The lowest BCUT2D eigenvalue weighted by atomic mass is 10.0. The Kier molecular flexibility index (Phi) is 6.33. The summed E-state index contributed by atoms with van der Waals surface area (Å²) in [5.74, 6) is -2.14. The molecule has 36 heavy (non-hydrogen) atoms. The van der Waals surface area contributed by atoms with Gasteiger partial charge in [-0.3, -0.25) is 14.5 Å². The van der Waals surface area contributed by atoms with E-state index in [1.807, 2.05) is 34.5 Å². The van der Waals surface area contributed by atoms with Crippen molar-refractivity contribution in [3.05, 3.63) is 65.1 Å². The molecule has 0 spiro atoms. The topological polar surface area (TPSA) is 154 Å². The second-order valence-corrected chi connectivity index (χ2v) is 10.1. The second kappa shape index (κ2) is 9.59. The van der Waals surface area contributed by atoms with Crippen LogP contribution < -0.4 is 20.7 Å². The maximum Gasteiger partial charge on any atom is 0.276 e. The van der Waals surface area contributed by atoms with Gasteiger partial charge < -0.3 is 25.8 Å². The summed E-state index contributed by atoms with van der Waals surface area (Å²) in [6.07, 6.45) is 3.81. The molecule has 0 radical (unpaired) electrons. The standard InChI is InChI=1S/C23H20N6O5S2/c1-34-27-17(14-3-2-4-16(24)25-14)20(30)26-18-21(31)29-19(23(32)33)13(11-36-22(18)29)9-28-7-5-12-6-8-35-15(12)10-28/h2-8,10,18,22H,9,11H2,1H3,(H3-,24,25,26,30,32,33)/t18?,22-/m1/s1. The van der Waals surface area contributed by atoms with Crippen LogP contribution in [0.3, 0.4) is 0 Å². The minimum Gasteiger partial charge on any atom is -0.543 e. The first kappa shape index (κ1) is 23.8. The lowest BCUT2D eigenvalue weighted by molar-refractivity contribution is -0.687. The first-order valence-corrected chi connectivity index (χ1v) is 12.7. The number of nitrogens with zero attached hydrogens (tertiary/aromatic N) is 4. The number of aromatic nitrogens is 2. The van der Waals surface area contributed by atoms with Gasteiger partial charge in [0.15, 0.2) is 24.7 Å². The summed E-state index contributed by atoms with van der Waals surface area (Å²) in [7, 11) is 1.28. The van der Waals surface area contributed by atoms with Crippen molar-refractivity contribution in [2.24, 2.45) is 5.16 Å². The number of hydrogen-bond acceptors (Lipinski definition) is 10. The second-order valence-electron chi connectivity index (χ2n) is 8.03. The van der Waals surface area contributed by atoms with Crippen molar-refractivity contribution in [3.63, 3.8) is 0 Å². The van der Waals surface area contributed by atoms with E-state index in [0.717, 1.165) is 10.1 Å². The summed E-state index contributed by atoms with van der Waals surface area (Å²) in [5, 5.41) is 20.9. The lowest BCUT2D eigenvalue weighted by Crippen LogP contribution is -2.71. The smallest absolute Gasteiger partial charge is 0.276 e. The van der Waals surface area contributed by atoms with Gasteiger partial charge in [0.1, 0.15) is 30.0 Å². The molecule has 13 heteroatoms. The Morgan fingerprint density at radius 3 is 2.94 bits per heavy atom. The molecule has 1 unspecified atom stereocenters. The van der Waals surface area contributed by atoms with E-state index in [9.17, 15) is 19.5 Å². The highest BCUT2D eigenvalue weighted by Crippen LogP contribution is 2.40. The largest absolute Gasteiger partial charge is 0.543 e. The molecule has 1 fully saturated rings. The number of nitrogen functional groups attached to an aromatic ring is 1. The van der Waals surface area contributed by atoms with Crippen LogP contribution in [-0.2, 0) is 25.8 Å². The van der Waals surface area contributed by atoms with Gasteiger partial charge in [-0.2, -0.15) is 4.57 Å². The van der Waals surface area contributed by atoms with Crippen molar-refractivity contribution >= 4 is 62.5 Å². The molecule has 0 saturated carbocycles. The summed E-state index contributed by atoms with van der Waals surface area (Å²) in [6.45, 7) is 0.295. The monoisotopic (exact) mass is 524 g/mol. The number of nitrogens with two attached hydrogens (primary N) is 1. The average Bonchev–Trinajstić information content (AvgIpc) is 3.33. The van der Waals surface area contributed by atoms with Crippen LogP contribution in [0.25, 0.3) is 10.1 Å². The number of β-lactam (4-membered cyclic amide) rings is 1. The molecule has 2 aliphatic rings. The Hall–Kier alpha value is -3.97. The Balaban J connectivity index is 1.36. The first-order valence-electron chi connectivity index (χ1n) is 10.8. The first-order chi connectivity index (χ1) is 17.4. The van der Waals surface area contributed by atoms with Crippen LogP contribution >= 0.6 is 23.1 Å².